The minimum atomic E-state index is -4.75. The Morgan fingerprint density at radius 2 is 1.65 bits per heavy atom. The first-order valence-electron chi connectivity index (χ1n) is 5.44. The lowest BCUT2D eigenvalue weighted by atomic mass is 9.82. The van der Waals surface area contributed by atoms with E-state index in [4.69, 9.17) is 5.73 Å². The molecule has 0 saturated heterocycles. The Balaban J connectivity index is 4.49. The van der Waals surface area contributed by atoms with Crippen molar-refractivity contribution >= 4 is 5.91 Å². The molecule has 3 nitrogen and oxygen atoms in total. The van der Waals surface area contributed by atoms with E-state index < -0.39 is 17.6 Å². The monoisotopic (exact) mass is 254 g/mol. The quantitative estimate of drug-likeness (QED) is 0.810. The maximum Gasteiger partial charge on any atom is 0.415 e. The van der Waals surface area contributed by atoms with Gasteiger partial charge in [0.1, 0.15) is 0 Å². The van der Waals surface area contributed by atoms with Gasteiger partial charge in [0.25, 0.3) is 0 Å². The second kappa shape index (κ2) is 4.84. The Labute approximate surface area is 99.9 Å². The number of halogens is 3. The zero-order chi connectivity index (χ0) is 14.1. The van der Waals surface area contributed by atoms with Gasteiger partial charge in [0.2, 0.25) is 5.91 Å². The van der Waals surface area contributed by atoms with Gasteiger partial charge in [0.05, 0.1) is 0 Å². The van der Waals surface area contributed by atoms with E-state index in [1.807, 2.05) is 27.7 Å². The van der Waals surface area contributed by atoms with Crippen LogP contribution in [0, 0.1) is 11.3 Å². The summed E-state index contributed by atoms with van der Waals surface area (Å²) in [4.78, 5) is 11.4. The highest BCUT2D eigenvalue weighted by Crippen LogP contribution is 2.28. The average molecular weight is 254 g/mol. The molecule has 3 N–H and O–H groups in total. The number of carbonyl (C=O) groups excluding carboxylic acids is 1. The summed E-state index contributed by atoms with van der Waals surface area (Å²) in [5.41, 5.74) is 2.07. The topological polar surface area (TPSA) is 55.1 Å². The summed E-state index contributed by atoms with van der Waals surface area (Å²) >= 11 is 0. The fraction of sp³-hybridized carbons (Fsp3) is 0.909. The molecule has 2 unspecified atom stereocenters. The Morgan fingerprint density at radius 3 is 1.94 bits per heavy atom. The van der Waals surface area contributed by atoms with Gasteiger partial charge in [-0.15, -0.1) is 0 Å². The van der Waals surface area contributed by atoms with Gasteiger partial charge in [-0.3, -0.25) is 4.79 Å². The molecule has 2 atom stereocenters. The lowest BCUT2D eigenvalue weighted by molar-refractivity contribution is -0.187. The molecule has 0 aromatic heterocycles. The van der Waals surface area contributed by atoms with E-state index in [0.717, 1.165) is 0 Å². The average Bonchev–Trinajstić information content (AvgIpc) is 2.09. The molecule has 0 radical (unpaired) electrons. The summed E-state index contributed by atoms with van der Waals surface area (Å²) < 4.78 is 37.4. The van der Waals surface area contributed by atoms with Crippen LogP contribution in [0.4, 0.5) is 13.2 Å². The van der Waals surface area contributed by atoms with Crippen molar-refractivity contribution in [2.75, 3.05) is 6.54 Å². The third-order valence-corrected chi connectivity index (χ3v) is 3.11. The summed E-state index contributed by atoms with van der Waals surface area (Å²) in [6, 6.07) is 0. The van der Waals surface area contributed by atoms with Gasteiger partial charge >= 0.3 is 6.18 Å². The molecule has 0 heterocycles. The normalized spacial score (nSPS) is 18.4. The van der Waals surface area contributed by atoms with E-state index in [1.165, 1.54) is 0 Å². The van der Waals surface area contributed by atoms with E-state index in [0.29, 0.717) is 6.92 Å². The molecule has 6 heteroatoms. The zero-order valence-corrected chi connectivity index (χ0v) is 10.9. The van der Waals surface area contributed by atoms with Gasteiger partial charge < -0.3 is 11.1 Å². The number of nitrogens with two attached hydrogens (primary N) is 1. The van der Waals surface area contributed by atoms with E-state index in [2.05, 4.69) is 5.32 Å². The fourth-order valence-electron chi connectivity index (χ4n) is 0.864. The summed E-state index contributed by atoms with van der Waals surface area (Å²) in [6.07, 6.45) is -4.75. The number of amides is 1. The number of rotatable bonds is 3. The molecular formula is C11H21F3N2O. The van der Waals surface area contributed by atoms with Crippen LogP contribution in [0.25, 0.3) is 0 Å². The molecule has 0 aliphatic rings. The van der Waals surface area contributed by atoms with Crippen molar-refractivity contribution in [3.8, 4) is 0 Å². The predicted octanol–water partition coefficient (Wildman–Crippen LogP) is 2.06. The highest BCUT2D eigenvalue weighted by molar-refractivity contribution is 5.86. The second-order valence-electron chi connectivity index (χ2n) is 5.68. The Kier molecular flexibility index (Phi) is 4.62. The van der Waals surface area contributed by atoms with Crippen LogP contribution in [0.1, 0.15) is 34.6 Å². The summed E-state index contributed by atoms with van der Waals surface area (Å²) in [5.74, 6) is -1.14. The highest BCUT2D eigenvalue weighted by Gasteiger charge is 2.53. The van der Waals surface area contributed by atoms with Crippen LogP contribution in [-0.2, 0) is 4.79 Å². The van der Waals surface area contributed by atoms with Crippen LogP contribution in [-0.4, -0.2) is 24.2 Å². The zero-order valence-electron chi connectivity index (χ0n) is 10.9. The van der Waals surface area contributed by atoms with Crippen molar-refractivity contribution in [1.29, 1.82) is 0 Å². The molecule has 0 fully saturated rings. The first kappa shape index (κ1) is 16.2. The Bertz CT molecular complexity index is 279. The van der Waals surface area contributed by atoms with Gasteiger partial charge in [0.15, 0.2) is 5.54 Å². The maximum atomic E-state index is 12.5. The highest BCUT2D eigenvalue weighted by atomic mass is 19.4. The third-order valence-electron chi connectivity index (χ3n) is 3.11. The molecule has 102 valence electrons. The van der Waals surface area contributed by atoms with E-state index in [9.17, 15) is 18.0 Å². The van der Waals surface area contributed by atoms with Gasteiger partial charge in [-0.2, -0.15) is 13.2 Å². The van der Waals surface area contributed by atoms with E-state index in [-0.39, 0.29) is 17.9 Å². The van der Waals surface area contributed by atoms with Gasteiger partial charge in [-0.1, -0.05) is 27.7 Å². The summed E-state index contributed by atoms with van der Waals surface area (Å²) in [7, 11) is 0. The first-order chi connectivity index (χ1) is 7.30. The fourth-order valence-corrected chi connectivity index (χ4v) is 0.864. The summed E-state index contributed by atoms with van der Waals surface area (Å²) in [5, 5.41) is 2.25. The molecule has 0 aliphatic carbocycles. The Hall–Kier alpha value is -0.780. The Morgan fingerprint density at radius 1 is 1.24 bits per heavy atom. The van der Waals surface area contributed by atoms with Gasteiger partial charge in [-0.25, -0.2) is 0 Å². The largest absolute Gasteiger partial charge is 0.415 e. The van der Waals surface area contributed by atoms with E-state index in [1.54, 1.807) is 0 Å². The molecule has 0 aliphatic heterocycles. The number of hydrogen-bond acceptors (Lipinski definition) is 2. The van der Waals surface area contributed by atoms with Crippen LogP contribution in [0.15, 0.2) is 0 Å². The van der Waals surface area contributed by atoms with Crippen molar-refractivity contribution in [3.05, 3.63) is 0 Å². The lowest BCUT2D eigenvalue weighted by Crippen LogP contribution is -2.61. The number of alkyl halides is 3. The van der Waals surface area contributed by atoms with Crippen molar-refractivity contribution in [2.45, 2.75) is 46.3 Å². The molecule has 0 aromatic carbocycles. The molecular weight excluding hydrogens is 233 g/mol. The van der Waals surface area contributed by atoms with Crippen LogP contribution in [0.3, 0.4) is 0 Å². The summed E-state index contributed by atoms with van der Waals surface area (Å²) in [6.45, 7) is 8.57. The molecule has 0 spiro atoms. The molecule has 0 bridgehead atoms. The molecule has 0 saturated carbocycles. The minimum absolute atomic E-state index is 0.0514. The number of hydrogen-bond donors (Lipinski definition) is 2. The molecule has 0 aromatic rings. The number of nitrogens with one attached hydrogen (secondary N) is 1. The SMILES string of the molecule is CC(CNC(=O)C(C)(N)C(F)(F)F)C(C)(C)C. The standard InChI is InChI=1S/C11H21F3N2O/c1-7(9(2,3)4)6-16-8(17)10(5,15)11(12,13)14/h7H,6,15H2,1-5H3,(H,16,17). The number of carbonyl (C=O) groups is 1. The van der Waals surface area contributed by atoms with Crippen molar-refractivity contribution in [2.24, 2.45) is 17.1 Å². The van der Waals surface area contributed by atoms with Crippen LogP contribution < -0.4 is 11.1 Å². The molecule has 0 rings (SSSR count). The second-order valence-corrected chi connectivity index (χ2v) is 5.68. The van der Waals surface area contributed by atoms with Crippen LogP contribution in [0.2, 0.25) is 0 Å². The van der Waals surface area contributed by atoms with Crippen molar-refractivity contribution < 1.29 is 18.0 Å². The van der Waals surface area contributed by atoms with Crippen molar-refractivity contribution in [1.82, 2.24) is 5.32 Å². The molecule has 17 heavy (non-hydrogen) atoms. The predicted molar refractivity (Wildman–Crippen MR) is 60.3 cm³/mol. The maximum absolute atomic E-state index is 12.5. The minimum Gasteiger partial charge on any atom is -0.354 e. The van der Waals surface area contributed by atoms with Crippen molar-refractivity contribution in [3.63, 3.8) is 0 Å². The van der Waals surface area contributed by atoms with Crippen LogP contribution in [0.5, 0.6) is 0 Å². The third kappa shape index (κ3) is 4.18. The molecule has 1 amide bonds. The van der Waals surface area contributed by atoms with Gasteiger partial charge in [-0.05, 0) is 18.3 Å². The first-order valence-corrected chi connectivity index (χ1v) is 5.44. The van der Waals surface area contributed by atoms with Crippen LogP contribution >= 0.6 is 0 Å². The van der Waals surface area contributed by atoms with Gasteiger partial charge in [0, 0.05) is 6.54 Å². The lowest BCUT2D eigenvalue weighted by Gasteiger charge is -2.30. The van der Waals surface area contributed by atoms with E-state index >= 15 is 0 Å². The smallest absolute Gasteiger partial charge is 0.354 e.